The predicted molar refractivity (Wildman–Crippen MR) is 84.3 cm³/mol. The van der Waals surface area contributed by atoms with Gasteiger partial charge in [0.05, 0.1) is 24.0 Å². The van der Waals surface area contributed by atoms with E-state index < -0.39 is 15.9 Å². The van der Waals surface area contributed by atoms with E-state index in [0.717, 1.165) is 5.56 Å². The minimum Gasteiger partial charge on any atom is -0.334 e. The van der Waals surface area contributed by atoms with Crippen LogP contribution in [0.4, 0.5) is 0 Å². The first kappa shape index (κ1) is 15.7. The maximum absolute atomic E-state index is 12.7. The van der Waals surface area contributed by atoms with Crippen LogP contribution in [0.5, 0.6) is 0 Å². The van der Waals surface area contributed by atoms with Crippen molar-refractivity contribution in [2.75, 3.05) is 18.1 Å². The van der Waals surface area contributed by atoms with Crippen LogP contribution in [0, 0.1) is 0 Å². The largest absolute Gasteiger partial charge is 0.334 e. The van der Waals surface area contributed by atoms with Gasteiger partial charge in [0.2, 0.25) is 5.91 Å². The van der Waals surface area contributed by atoms with Gasteiger partial charge in [-0.05, 0) is 12.0 Å². The first-order valence-corrected chi connectivity index (χ1v) is 9.26. The Morgan fingerprint density at radius 2 is 2.09 bits per heavy atom. The summed E-state index contributed by atoms with van der Waals surface area (Å²) in [4.78, 5) is 18.3. The highest BCUT2D eigenvalue weighted by Crippen LogP contribution is 2.26. The second-order valence-corrected chi connectivity index (χ2v) is 7.82. The van der Waals surface area contributed by atoms with Crippen molar-refractivity contribution in [2.45, 2.75) is 18.9 Å². The fourth-order valence-electron chi connectivity index (χ4n) is 2.84. The normalized spacial score (nSPS) is 20.9. The number of carbonyl (C=O) groups excluding carboxylic acids is 1. The molecule has 1 aromatic carbocycles. The minimum atomic E-state index is -3.17. The minimum absolute atomic E-state index is 0.0425. The molecule has 1 aliphatic heterocycles. The number of amides is 1. The van der Waals surface area contributed by atoms with Crippen LogP contribution in [0.2, 0.25) is 0 Å². The second kappa shape index (κ2) is 6.49. The fraction of sp³-hybridized carbons (Fsp3) is 0.400. The van der Waals surface area contributed by atoms with Gasteiger partial charge in [-0.15, -0.1) is 0 Å². The zero-order chi connectivity index (χ0) is 16.3. The zero-order valence-electron chi connectivity index (χ0n) is 12.6. The summed E-state index contributed by atoms with van der Waals surface area (Å²) in [6, 6.07) is 8.84. The van der Waals surface area contributed by atoms with Crippen LogP contribution >= 0.6 is 0 Å². The van der Waals surface area contributed by atoms with Gasteiger partial charge in [-0.2, -0.15) is 5.10 Å². The van der Waals surface area contributed by atoms with E-state index in [0.29, 0.717) is 18.8 Å². The number of hydrogen-bond donors (Lipinski definition) is 1. The third-order valence-electron chi connectivity index (χ3n) is 3.93. The Morgan fingerprint density at radius 1 is 1.30 bits per heavy atom. The molecule has 1 atom stereocenters. The van der Waals surface area contributed by atoms with E-state index in [9.17, 15) is 13.2 Å². The van der Waals surface area contributed by atoms with E-state index in [-0.39, 0.29) is 23.8 Å². The highest BCUT2D eigenvalue weighted by atomic mass is 32.2. The Labute approximate surface area is 134 Å². The van der Waals surface area contributed by atoms with E-state index in [1.54, 1.807) is 4.90 Å². The van der Waals surface area contributed by atoms with Crippen molar-refractivity contribution in [1.82, 2.24) is 20.1 Å². The van der Waals surface area contributed by atoms with Crippen LogP contribution < -0.4 is 0 Å². The van der Waals surface area contributed by atoms with Crippen molar-refractivity contribution in [1.29, 1.82) is 0 Å². The number of hydrogen-bond acceptors (Lipinski definition) is 5. The first-order valence-electron chi connectivity index (χ1n) is 7.44. The Morgan fingerprint density at radius 3 is 2.78 bits per heavy atom. The molecule has 2 aromatic rings. The SMILES string of the molecule is O=C(Cc1ncn[nH]1)N1CCCS(=O)(=O)CC1c1ccccc1. The average Bonchev–Trinajstić information content (AvgIpc) is 2.97. The number of aromatic amines is 1. The van der Waals surface area contributed by atoms with Crippen LogP contribution in [0.25, 0.3) is 0 Å². The molecule has 1 N–H and O–H groups in total. The van der Waals surface area contributed by atoms with Gasteiger partial charge in [0.25, 0.3) is 0 Å². The Kier molecular flexibility index (Phi) is 4.42. The highest BCUT2D eigenvalue weighted by molar-refractivity contribution is 7.91. The highest BCUT2D eigenvalue weighted by Gasteiger charge is 2.32. The van der Waals surface area contributed by atoms with Crippen molar-refractivity contribution in [2.24, 2.45) is 0 Å². The summed E-state index contributed by atoms with van der Waals surface area (Å²) < 4.78 is 24.3. The molecule has 1 aliphatic rings. The number of aromatic nitrogens is 3. The molecule has 122 valence electrons. The molecule has 0 saturated carbocycles. The van der Waals surface area contributed by atoms with Crippen LogP contribution in [0.1, 0.15) is 23.9 Å². The molecule has 1 saturated heterocycles. The average molecular weight is 334 g/mol. The number of carbonyl (C=O) groups is 1. The molecule has 0 radical (unpaired) electrons. The lowest BCUT2D eigenvalue weighted by Gasteiger charge is -2.29. The molecule has 23 heavy (non-hydrogen) atoms. The third kappa shape index (κ3) is 3.76. The van der Waals surface area contributed by atoms with E-state index in [4.69, 9.17) is 0 Å². The molecule has 1 aromatic heterocycles. The predicted octanol–water partition coefficient (Wildman–Crippen LogP) is 0.736. The maximum Gasteiger partial charge on any atom is 0.230 e. The van der Waals surface area contributed by atoms with Gasteiger partial charge in [0.1, 0.15) is 12.2 Å². The Hall–Kier alpha value is -2.22. The molecule has 0 spiro atoms. The number of benzene rings is 1. The van der Waals surface area contributed by atoms with Crippen LogP contribution in [0.3, 0.4) is 0 Å². The van der Waals surface area contributed by atoms with Gasteiger partial charge in [-0.3, -0.25) is 9.89 Å². The summed E-state index contributed by atoms with van der Waals surface area (Å²) in [5.74, 6) is 0.406. The molecular formula is C15H18N4O3S. The van der Waals surface area contributed by atoms with Crippen LogP contribution in [-0.4, -0.2) is 52.5 Å². The molecule has 1 unspecified atom stereocenters. The van der Waals surface area contributed by atoms with Gasteiger partial charge >= 0.3 is 0 Å². The van der Waals surface area contributed by atoms with Gasteiger partial charge in [-0.1, -0.05) is 30.3 Å². The van der Waals surface area contributed by atoms with E-state index in [1.807, 2.05) is 30.3 Å². The smallest absolute Gasteiger partial charge is 0.230 e. The first-order chi connectivity index (χ1) is 11.1. The van der Waals surface area contributed by atoms with Crippen LogP contribution in [0.15, 0.2) is 36.7 Å². The molecule has 8 heteroatoms. The monoisotopic (exact) mass is 334 g/mol. The summed E-state index contributed by atoms with van der Waals surface area (Å²) in [5, 5.41) is 6.40. The fourth-order valence-corrected chi connectivity index (χ4v) is 4.42. The van der Waals surface area contributed by atoms with Crippen LogP contribution in [-0.2, 0) is 21.1 Å². The number of nitrogens with one attached hydrogen (secondary N) is 1. The lowest BCUT2D eigenvalue weighted by Crippen LogP contribution is -2.38. The summed E-state index contributed by atoms with van der Waals surface area (Å²) in [7, 11) is -3.17. The Balaban J connectivity index is 1.89. The van der Waals surface area contributed by atoms with Crippen molar-refractivity contribution < 1.29 is 13.2 Å². The molecule has 1 amide bonds. The molecule has 3 rings (SSSR count). The zero-order valence-corrected chi connectivity index (χ0v) is 13.4. The molecular weight excluding hydrogens is 316 g/mol. The van der Waals surface area contributed by atoms with Crippen molar-refractivity contribution in [3.63, 3.8) is 0 Å². The third-order valence-corrected chi connectivity index (χ3v) is 5.66. The summed E-state index contributed by atoms with van der Waals surface area (Å²) in [6.45, 7) is 0.422. The standard InChI is InChI=1S/C15H18N4O3S/c20-15(9-14-16-11-17-18-14)19-7-4-8-23(21,22)10-13(19)12-5-2-1-3-6-12/h1-3,5-6,11,13H,4,7-10H2,(H,16,17,18). The van der Waals surface area contributed by atoms with Gasteiger partial charge in [-0.25, -0.2) is 13.4 Å². The Bertz CT molecular complexity index is 759. The van der Waals surface area contributed by atoms with Crippen molar-refractivity contribution in [3.8, 4) is 0 Å². The maximum atomic E-state index is 12.7. The quantitative estimate of drug-likeness (QED) is 0.893. The topological polar surface area (TPSA) is 96.0 Å². The van der Waals surface area contributed by atoms with E-state index in [1.165, 1.54) is 6.33 Å². The molecule has 2 heterocycles. The van der Waals surface area contributed by atoms with Gasteiger partial charge in [0, 0.05) is 6.54 Å². The number of rotatable bonds is 3. The molecule has 0 bridgehead atoms. The van der Waals surface area contributed by atoms with Crippen molar-refractivity contribution >= 4 is 15.7 Å². The number of H-pyrrole nitrogens is 1. The van der Waals surface area contributed by atoms with Gasteiger partial charge < -0.3 is 4.90 Å². The molecule has 0 aliphatic carbocycles. The lowest BCUT2D eigenvalue weighted by atomic mass is 10.1. The number of sulfone groups is 1. The number of nitrogens with zero attached hydrogens (tertiary/aromatic N) is 3. The summed E-state index contributed by atoms with van der Waals surface area (Å²) >= 11 is 0. The lowest BCUT2D eigenvalue weighted by molar-refractivity contribution is -0.132. The van der Waals surface area contributed by atoms with Crippen molar-refractivity contribution in [3.05, 3.63) is 48.0 Å². The summed E-state index contributed by atoms with van der Waals surface area (Å²) in [6.07, 6.45) is 1.89. The molecule has 7 nitrogen and oxygen atoms in total. The molecule has 1 fully saturated rings. The second-order valence-electron chi connectivity index (χ2n) is 5.59. The van der Waals surface area contributed by atoms with E-state index in [2.05, 4.69) is 15.2 Å². The summed E-state index contributed by atoms with van der Waals surface area (Å²) in [5.41, 5.74) is 0.837. The van der Waals surface area contributed by atoms with Gasteiger partial charge in [0.15, 0.2) is 9.84 Å². The van der Waals surface area contributed by atoms with E-state index >= 15 is 0 Å².